The molecule has 1 aromatic carbocycles. The van der Waals surface area contributed by atoms with E-state index in [-0.39, 0.29) is 12.1 Å². The van der Waals surface area contributed by atoms with E-state index in [4.69, 9.17) is 11.6 Å². The number of hydrogen-bond donors (Lipinski definition) is 0. The van der Waals surface area contributed by atoms with Gasteiger partial charge in [-0.15, -0.1) is 11.6 Å². The quantitative estimate of drug-likeness (QED) is 0.750. The molecule has 1 heterocycles. The molecule has 1 unspecified atom stereocenters. The zero-order valence-corrected chi connectivity index (χ0v) is 10.6. The minimum Gasteiger partial charge on any atom is -0.261 e. The number of halogens is 4. The smallest absolute Gasteiger partial charge is 0.261 e. The van der Waals surface area contributed by atoms with Crippen molar-refractivity contribution in [1.29, 1.82) is 0 Å². The van der Waals surface area contributed by atoms with Crippen LogP contribution in [0.25, 0.3) is 0 Å². The summed E-state index contributed by atoms with van der Waals surface area (Å²) in [6.07, 6.45) is -3.02. The van der Waals surface area contributed by atoms with Gasteiger partial charge in [-0.1, -0.05) is 30.3 Å². The summed E-state index contributed by atoms with van der Waals surface area (Å²) in [5, 5.41) is -0.530. The summed E-state index contributed by atoms with van der Waals surface area (Å²) in [6, 6.07) is 11.3. The van der Waals surface area contributed by atoms with Crippen LogP contribution in [0.2, 0.25) is 0 Å². The van der Waals surface area contributed by atoms with Gasteiger partial charge in [0.05, 0.1) is 16.6 Å². The van der Waals surface area contributed by atoms with Crippen molar-refractivity contribution >= 4 is 11.6 Å². The lowest BCUT2D eigenvalue weighted by Gasteiger charge is -2.14. The number of pyridine rings is 1. The van der Waals surface area contributed by atoms with Crippen LogP contribution in [-0.2, 0) is 12.6 Å². The predicted molar refractivity (Wildman–Crippen MR) is 68.0 cm³/mol. The summed E-state index contributed by atoms with van der Waals surface area (Å²) >= 11 is 6.16. The molecule has 0 spiro atoms. The molecule has 0 N–H and O–H groups in total. The van der Waals surface area contributed by atoms with E-state index in [1.165, 1.54) is 12.3 Å². The van der Waals surface area contributed by atoms with Crippen LogP contribution in [-0.4, -0.2) is 4.98 Å². The third kappa shape index (κ3) is 3.47. The zero-order valence-electron chi connectivity index (χ0n) is 9.86. The number of rotatable bonds is 3. The summed E-state index contributed by atoms with van der Waals surface area (Å²) in [5.41, 5.74) is 0.0263. The Hall–Kier alpha value is -1.55. The normalized spacial score (nSPS) is 13.3. The molecule has 100 valence electrons. The van der Waals surface area contributed by atoms with Gasteiger partial charge in [-0.25, -0.2) is 0 Å². The van der Waals surface area contributed by atoms with Crippen molar-refractivity contribution in [2.75, 3.05) is 0 Å². The van der Waals surface area contributed by atoms with Crippen molar-refractivity contribution in [3.8, 4) is 0 Å². The average Bonchev–Trinajstić information content (AvgIpc) is 2.39. The molecule has 0 aliphatic rings. The van der Waals surface area contributed by atoms with Crippen molar-refractivity contribution in [1.82, 2.24) is 4.98 Å². The summed E-state index contributed by atoms with van der Waals surface area (Å²) < 4.78 is 38.5. The lowest BCUT2D eigenvalue weighted by atomic mass is 10.0. The van der Waals surface area contributed by atoms with Crippen LogP contribution < -0.4 is 0 Å². The predicted octanol–water partition coefficient (Wildman–Crippen LogP) is 4.62. The van der Waals surface area contributed by atoms with E-state index in [1.807, 2.05) is 6.07 Å². The largest absolute Gasteiger partial charge is 0.418 e. The van der Waals surface area contributed by atoms with Gasteiger partial charge in [-0.3, -0.25) is 4.98 Å². The fourth-order valence-corrected chi connectivity index (χ4v) is 2.10. The van der Waals surface area contributed by atoms with Crippen LogP contribution >= 0.6 is 11.6 Å². The van der Waals surface area contributed by atoms with E-state index in [0.717, 1.165) is 11.6 Å². The Morgan fingerprint density at radius 1 is 1.05 bits per heavy atom. The fraction of sp³-hybridized carbons (Fsp3) is 0.214. The second-order valence-electron chi connectivity index (χ2n) is 4.08. The molecule has 1 aromatic heterocycles. The maximum Gasteiger partial charge on any atom is 0.418 e. The second-order valence-corrected chi connectivity index (χ2v) is 4.60. The van der Waals surface area contributed by atoms with Gasteiger partial charge in [-0.2, -0.15) is 13.2 Å². The molecule has 0 aliphatic heterocycles. The third-order valence-corrected chi connectivity index (χ3v) is 3.14. The maximum absolute atomic E-state index is 12.8. The standard InChI is InChI=1S/C14H11ClF3N/c15-12(10-5-2-1-3-6-10)9-13-11(14(16,17)18)7-4-8-19-13/h1-8,12H,9H2. The Balaban J connectivity index is 2.25. The van der Waals surface area contributed by atoms with E-state index in [9.17, 15) is 13.2 Å². The van der Waals surface area contributed by atoms with E-state index >= 15 is 0 Å². The number of alkyl halides is 4. The Labute approximate surface area is 114 Å². The Kier molecular flexibility index (Phi) is 4.10. The van der Waals surface area contributed by atoms with Gasteiger partial charge in [0.15, 0.2) is 0 Å². The second kappa shape index (κ2) is 5.61. The fourth-order valence-electron chi connectivity index (χ4n) is 1.81. The molecule has 19 heavy (non-hydrogen) atoms. The van der Waals surface area contributed by atoms with Crippen LogP contribution in [0.4, 0.5) is 13.2 Å². The number of nitrogens with zero attached hydrogens (tertiary/aromatic N) is 1. The number of hydrogen-bond acceptors (Lipinski definition) is 1. The first-order valence-corrected chi connectivity index (χ1v) is 6.12. The van der Waals surface area contributed by atoms with Gasteiger partial charge >= 0.3 is 6.18 Å². The van der Waals surface area contributed by atoms with E-state index in [1.54, 1.807) is 24.3 Å². The molecule has 0 aliphatic carbocycles. The Morgan fingerprint density at radius 3 is 2.37 bits per heavy atom. The van der Waals surface area contributed by atoms with Gasteiger partial charge in [0, 0.05) is 12.6 Å². The monoisotopic (exact) mass is 285 g/mol. The summed E-state index contributed by atoms with van der Waals surface area (Å²) in [6.45, 7) is 0. The molecule has 0 radical (unpaired) electrons. The van der Waals surface area contributed by atoms with Crippen LogP contribution in [0.3, 0.4) is 0 Å². The number of aromatic nitrogens is 1. The maximum atomic E-state index is 12.8. The van der Waals surface area contributed by atoms with Crippen LogP contribution in [0.5, 0.6) is 0 Å². The molecule has 2 aromatic rings. The Bertz CT molecular complexity index is 540. The van der Waals surface area contributed by atoms with Gasteiger partial charge in [-0.05, 0) is 17.7 Å². The van der Waals surface area contributed by atoms with Gasteiger partial charge < -0.3 is 0 Å². The van der Waals surface area contributed by atoms with Crippen molar-refractivity contribution in [2.45, 2.75) is 18.0 Å². The van der Waals surface area contributed by atoms with Gasteiger partial charge in [0.2, 0.25) is 0 Å². The van der Waals surface area contributed by atoms with Crippen LogP contribution in [0, 0.1) is 0 Å². The summed E-state index contributed by atoms with van der Waals surface area (Å²) in [4.78, 5) is 3.81. The van der Waals surface area contributed by atoms with E-state index in [2.05, 4.69) is 4.98 Å². The third-order valence-electron chi connectivity index (χ3n) is 2.73. The molecule has 1 nitrogen and oxygen atoms in total. The molecular formula is C14H11ClF3N. The summed E-state index contributed by atoms with van der Waals surface area (Å²) in [5.74, 6) is 0. The molecule has 5 heteroatoms. The average molecular weight is 286 g/mol. The van der Waals surface area contributed by atoms with Crippen molar-refractivity contribution in [2.24, 2.45) is 0 Å². The number of benzene rings is 1. The van der Waals surface area contributed by atoms with Crippen molar-refractivity contribution in [3.63, 3.8) is 0 Å². The first-order chi connectivity index (χ1) is 8.98. The van der Waals surface area contributed by atoms with E-state index in [0.29, 0.717) is 0 Å². The first kappa shape index (κ1) is 13.9. The van der Waals surface area contributed by atoms with Crippen LogP contribution in [0.15, 0.2) is 48.7 Å². The lowest BCUT2D eigenvalue weighted by Crippen LogP contribution is -2.12. The zero-order chi connectivity index (χ0) is 13.9. The molecule has 0 amide bonds. The van der Waals surface area contributed by atoms with E-state index < -0.39 is 17.1 Å². The van der Waals surface area contributed by atoms with Crippen LogP contribution in [0.1, 0.15) is 22.2 Å². The highest BCUT2D eigenvalue weighted by atomic mass is 35.5. The van der Waals surface area contributed by atoms with Gasteiger partial charge in [0.25, 0.3) is 0 Å². The molecule has 1 atom stereocenters. The highest BCUT2D eigenvalue weighted by molar-refractivity contribution is 6.20. The molecule has 0 saturated carbocycles. The molecular weight excluding hydrogens is 275 g/mol. The van der Waals surface area contributed by atoms with Crippen molar-refractivity contribution < 1.29 is 13.2 Å². The molecule has 2 rings (SSSR count). The molecule has 0 saturated heterocycles. The summed E-state index contributed by atoms with van der Waals surface area (Å²) in [7, 11) is 0. The highest BCUT2D eigenvalue weighted by Gasteiger charge is 2.34. The molecule has 0 bridgehead atoms. The lowest BCUT2D eigenvalue weighted by molar-refractivity contribution is -0.138. The first-order valence-electron chi connectivity index (χ1n) is 5.68. The minimum absolute atomic E-state index is 0.0288. The molecule has 0 fully saturated rings. The SMILES string of the molecule is FC(F)(F)c1cccnc1CC(Cl)c1ccccc1. The topological polar surface area (TPSA) is 12.9 Å². The van der Waals surface area contributed by atoms with Crippen molar-refractivity contribution in [3.05, 3.63) is 65.5 Å². The highest BCUT2D eigenvalue weighted by Crippen LogP contribution is 2.34. The Morgan fingerprint density at radius 2 is 1.74 bits per heavy atom. The minimum atomic E-state index is -4.41. The van der Waals surface area contributed by atoms with Gasteiger partial charge in [0.1, 0.15) is 0 Å².